The Balaban J connectivity index is 1.31. The van der Waals surface area contributed by atoms with Crippen molar-refractivity contribution < 1.29 is 14.0 Å². The number of hydrogen-bond acceptors (Lipinski definition) is 8. The predicted octanol–water partition coefficient (Wildman–Crippen LogP) is 5.87. The van der Waals surface area contributed by atoms with Gasteiger partial charge >= 0.3 is 0 Å². The van der Waals surface area contributed by atoms with Crippen LogP contribution in [0.25, 0.3) is 20.7 Å². The Hall–Kier alpha value is -3.15. The predicted molar refractivity (Wildman–Crippen MR) is 143 cm³/mol. The van der Waals surface area contributed by atoms with Crippen LogP contribution in [0.3, 0.4) is 0 Å². The van der Waals surface area contributed by atoms with Gasteiger partial charge < -0.3 is 10.2 Å². The number of hydrogen-bond donors (Lipinski definition) is 1. The fraction of sp³-hybridized carbons (Fsp3) is 0.240. The van der Waals surface area contributed by atoms with Crippen molar-refractivity contribution >= 4 is 68.5 Å². The molecule has 11 heteroatoms. The first kappa shape index (κ1) is 23.3. The van der Waals surface area contributed by atoms with Crippen LogP contribution in [0.2, 0.25) is 0 Å². The van der Waals surface area contributed by atoms with Gasteiger partial charge in [0.2, 0.25) is 0 Å². The zero-order chi connectivity index (χ0) is 25.0. The van der Waals surface area contributed by atoms with Crippen molar-refractivity contribution in [3.05, 3.63) is 57.0 Å². The third-order valence-electron chi connectivity index (χ3n) is 6.25. The fourth-order valence-electron chi connectivity index (χ4n) is 4.25. The molecule has 0 aliphatic carbocycles. The Morgan fingerprint density at radius 2 is 2.03 bits per heavy atom. The second-order valence-electron chi connectivity index (χ2n) is 8.58. The number of likely N-dealkylation sites (tertiary alicyclic amines) is 1. The highest BCUT2D eigenvalue weighted by molar-refractivity contribution is 7.98. The monoisotopic (exact) mass is 537 g/mol. The van der Waals surface area contributed by atoms with Gasteiger partial charge in [-0.15, -0.1) is 22.7 Å². The van der Waals surface area contributed by atoms with Crippen molar-refractivity contribution in [2.75, 3.05) is 24.7 Å². The van der Waals surface area contributed by atoms with Crippen LogP contribution < -0.4 is 5.32 Å². The van der Waals surface area contributed by atoms with Gasteiger partial charge in [-0.1, -0.05) is 11.8 Å². The van der Waals surface area contributed by atoms with E-state index in [0.29, 0.717) is 32.5 Å². The van der Waals surface area contributed by atoms with E-state index in [9.17, 15) is 14.0 Å². The number of aromatic nitrogens is 2. The van der Waals surface area contributed by atoms with Gasteiger partial charge in [-0.25, -0.2) is 19.4 Å². The molecule has 2 amide bonds. The lowest BCUT2D eigenvalue weighted by Crippen LogP contribution is -2.41. The number of halogens is 1. The van der Waals surface area contributed by atoms with Crippen LogP contribution in [0.15, 0.2) is 40.5 Å². The summed E-state index contributed by atoms with van der Waals surface area (Å²) in [4.78, 5) is 43.3. The topological polar surface area (TPSA) is 87.5 Å². The molecule has 0 radical (unpaired) electrons. The first-order chi connectivity index (χ1) is 17.4. The van der Waals surface area contributed by atoms with Gasteiger partial charge in [-0.2, -0.15) is 0 Å². The highest BCUT2D eigenvalue weighted by Crippen LogP contribution is 2.38. The average Bonchev–Trinajstić information content (AvgIpc) is 3.56. The minimum absolute atomic E-state index is 0.0398. The lowest BCUT2D eigenvalue weighted by atomic mass is 10.0. The van der Waals surface area contributed by atoms with Gasteiger partial charge in [0.05, 0.1) is 21.9 Å². The number of aliphatic imine (C=N–C) groups is 1. The molecule has 3 aromatic heterocycles. The van der Waals surface area contributed by atoms with Crippen molar-refractivity contribution in [2.24, 2.45) is 4.99 Å². The smallest absolute Gasteiger partial charge is 0.278 e. The Kier molecular flexibility index (Phi) is 5.85. The minimum Gasteiger partial charge on any atom is -0.362 e. The molecule has 0 bridgehead atoms. The summed E-state index contributed by atoms with van der Waals surface area (Å²) >= 11 is 4.32. The van der Waals surface area contributed by atoms with Gasteiger partial charge in [0.15, 0.2) is 5.16 Å². The van der Waals surface area contributed by atoms with E-state index in [1.165, 1.54) is 52.8 Å². The second-order valence-corrected chi connectivity index (χ2v) is 11.5. The first-order valence-electron chi connectivity index (χ1n) is 11.3. The summed E-state index contributed by atoms with van der Waals surface area (Å²) in [6, 6.07) is 8.34. The lowest BCUT2D eigenvalue weighted by molar-refractivity contribution is 0.0657. The number of carbonyl (C=O) groups is 2. The highest BCUT2D eigenvalue weighted by Gasteiger charge is 2.26. The first-order valence-corrected chi connectivity index (χ1v) is 14.2. The van der Waals surface area contributed by atoms with Crippen LogP contribution in [0.1, 0.15) is 49.9 Å². The number of nitrogens with one attached hydrogen (secondary N) is 1. The molecule has 2 aliphatic heterocycles. The Labute approximate surface area is 218 Å². The second kappa shape index (κ2) is 9.06. The number of rotatable bonds is 6. The maximum atomic E-state index is 14.2. The number of thioether (sulfide) groups is 1. The van der Waals surface area contributed by atoms with E-state index in [-0.39, 0.29) is 17.9 Å². The van der Waals surface area contributed by atoms with Crippen molar-refractivity contribution in [3.8, 4) is 10.4 Å². The maximum absolute atomic E-state index is 14.2. The number of amides is 2. The molecule has 1 N–H and O–H groups in total. The molecule has 1 unspecified atom stereocenters. The van der Waals surface area contributed by atoms with Crippen LogP contribution in [0.5, 0.6) is 0 Å². The van der Waals surface area contributed by atoms with E-state index in [2.05, 4.69) is 20.3 Å². The summed E-state index contributed by atoms with van der Waals surface area (Å²) in [7, 11) is 0. The van der Waals surface area contributed by atoms with Crippen molar-refractivity contribution in [3.63, 3.8) is 0 Å². The normalized spacial score (nSPS) is 15.3. The molecule has 1 atom stereocenters. The Morgan fingerprint density at radius 1 is 1.19 bits per heavy atom. The molecular weight excluding hydrogens is 518 g/mol. The Bertz CT molecular complexity index is 1570. The van der Waals surface area contributed by atoms with Gasteiger partial charge in [-0.3, -0.25) is 9.59 Å². The third-order valence-corrected chi connectivity index (χ3v) is 9.12. The van der Waals surface area contributed by atoms with E-state index >= 15 is 0 Å². The van der Waals surface area contributed by atoms with Crippen LogP contribution in [-0.4, -0.2) is 52.2 Å². The molecule has 1 fully saturated rings. The fourth-order valence-corrected chi connectivity index (χ4v) is 6.70. The molecule has 182 valence electrons. The average molecular weight is 538 g/mol. The number of nitrogens with zero attached hydrogens (tertiary/aromatic N) is 4. The summed E-state index contributed by atoms with van der Waals surface area (Å²) in [5.41, 5.74) is 1.49. The SMILES string of the molecule is CSc1nc(NC(C)c2ccc(-c3cc(F)cc4c3C(=O)N=C4)s2)c2cc(C(=O)N3CCC3)sc2n1. The van der Waals surface area contributed by atoms with Crippen molar-refractivity contribution in [1.82, 2.24) is 14.9 Å². The van der Waals surface area contributed by atoms with Crippen molar-refractivity contribution in [2.45, 2.75) is 24.5 Å². The zero-order valence-corrected chi connectivity index (χ0v) is 21.8. The molecule has 1 saturated heterocycles. The minimum atomic E-state index is -0.403. The summed E-state index contributed by atoms with van der Waals surface area (Å²) in [5.74, 6) is -0.0471. The quantitative estimate of drug-likeness (QED) is 0.244. The molecule has 36 heavy (non-hydrogen) atoms. The molecule has 2 aliphatic rings. The summed E-state index contributed by atoms with van der Waals surface area (Å²) in [5, 5.41) is 4.93. The van der Waals surface area contributed by atoms with Gasteiger partial charge in [0, 0.05) is 40.2 Å². The number of thiophene rings is 2. The number of fused-ring (bicyclic) bond motifs is 2. The van der Waals surface area contributed by atoms with Crippen LogP contribution in [0, 0.1) is 5.82 Å². The van der Waals surface area contributed by atoms with E-state index in [1.54, 1.807) is 0 Å². The largest absolute Gasteiger partial charge is 0.362 e. The highest BCUT2D eigenvalue weighted by atomic mass is 32.2. The van der Waals surface area contributed by atoms with Crippen LogP contribution >= 0.6 is 34.4 Å². The number of anilines is 1. The lowest BCUT2D eigenvalue weighted by Gasteiger charge is -2.30. The Morgan fingerprint density at radius 3 is 2.78 bits per heavy atom. The molecule has 4 aromatic rings. The van der Waals surface area contributed by atoms with Crippen LogP contribution in [0.4, 0.5) is 10.2 Å². The zero-order valence-electron chi connectivity index (χ0n) is 19.4. The molecular formula is C25H20FN5O2S3. The molecule has 5 heterocycles. The van der Waals surface area contributed by atoms with Gasteiger partial charge in [0.25, 0.3) is 11.8 Å². The van der Waals surface area contributed by atoms with Gasteiger partial charge in [0.1, 0.15) is 16.5 Å². The molecule has 0 spiro atoms. The van der Waals surface area contributed by atoms with Crippen molar-refractivity contribution in [1.29, 1.82) is 0 Å². The maximum Gasteiger partial charge on any atom is 0.278 e. The molecule has 1 aromatic carbocycles. The third kappa shape index (κ3) is 4.00. The van der Waals surface area contributed by atoms with E-state index in [4.69, 9.17) is 0 Å². The van der Waals surface area contributed by atoms with E-state index in [0.717, 1.165) is 39.5 Å². The van der Waals surface area contributed by atoms with Crippen LogP contribution in [-0.2, 0) is 0 Å². The summed E-state index contributed by atoms with van der Waals surface area (Å²) < 4.78 is 14.2. The molecule has 0 saturated carbocycles. The van der Waals surface area contributed by atoms with Gasteiger partial charge in [-0.05, 0) is 49.9 Å². The molecule has 7 nitrogen and oxygen atoms in total. The molecule has 6 rings (SSSR count). The summed E-state index contributed by atoms with van der Waals surface area (Å²) in [6.45, 7) is 3.61. The number of benzene rings is 1. The standard InChI is InChI=1S/C25H20FN5O2S3/c1-12(17-4-5-18(35-17)15-9-14(26)8-13-11-27-22(32)20(13)15)28-21-16-10-19(24(33)31-6-3-7-31)36-23(16)30-25(29-21)34-2/h4-5,8-12H,3,6-7H2,1-2H3,(H,28,29,30). The summed E-state index contributed by atoms with van der Waals surface area (Å²) in [6.07, 6.45) is 4.37. The van der Waals surface area contributed by atoms with E-state index in [1.807, 2.05) is 36.3 Å². The van der Waals surface area contributed by atoms with E-state index < -0.39 is 5.82 Å². The number of carbonyl (C=O) groups excluding carboxylic acids is 2.